The largest absolute Gasteiger partial charge is 0.344 e. The molecule has 1 N–H and O–H groups in total. The molecule has 3 rings (SSSR count). The van der Waals surface area contributed by atoms with Crippen LogP contribution >= 0.6 is 0 Å². The van der Waals surface area contributed by atoms with Crippen LogP contribution in [-0.2, 0) is 0 Å². The van der Waals surface area contributed by atoms with Gasteiger partial charge < -0.3 is 5.32 Å². The van der Waals surface area contributed by atoms with Crippen LogP contribution in [0.1, 0.15) is 37.2 Å². The first-order valence-electron chi connectivity index (χ1n) is 5.82. The summed E-state index contributed by atoms with van der Waals surface area (Å²) in [5.41, 5.74) is 2.69. The molecule has 0 bridgehead atoms. The van der Waals surface area contributed by atoms with Crippen LogP contribution in [0.5, 0.6) is 0 Å². The van der Waals surface area contributed by atoms with E-state index in [-0.39, 0.29) is 0 Å². The van der Waals surface area contributed by atoms with Gasteiger partial charge in [0.05, 0.1) is 0 Å². The van der Waals surface area contributed by atoms with Gasteiger partial charge in [-0.15, -0.1) is 0 Å². The zero-order valence-electron chi connectivity index (χ0n) is 8.87. The second-order valence-corrected chi connectivity index (χ2v) is 4.46. The molecule has 0 aromatic heterocycles. The fraction of sp³-hybridized carbons (Fsp3) is 0.462. The minimum atomic E-state index is 0.831. The summed E-state index contributed by atoms with van der Waals surface area (Å²) in [6, 6.07) is 8.79. The molecule has 0 radical (unpaired) electrons. The van der Waals surface area contributed by atoms with Crippen molar-refractivity contribution in [3.05, 3.63) is 29.8 Å². The van der Waals surface area contributed by atoms with Gasteiger partial charge in [0.25, 0.3) is 0 Å². The number of aliphatic imine (C=N–C) groups is 1. The molecule has 0 spiro atoms. The monoisotopic (exact) mass is 200 g/mol. The molecular weight excluding hydrogens is 184 g/mol. The molecule has 1 aromatic rings. The minimum Gasteiger partial charge on any atom is -0.344 e. The third-order valence-corrected chi connectivity index (χ3v) is 3.10. The molecule has 1 aliphatic heterocycles. The number of rotatable bonds is 2. The Morgan fingerprint density at radius 2 is 2.20 bits per heavy atom. The van der Waals surface area contributed by atoms with Gasteiger partial charge in [-0.3, -0.25) is 4.99 Å². The summed E-state index contributed by atoms with van der Waals surface area (Å²) < 4.78 is 0. The van der Waals surface area contributed by atoms with Gasteiger partial charge in [0, 0.05) is 18.7 Å². The van der Waals surface area contributed by atoms with Gasteiger partial charge in [0.15, 0.2) is 0 Å². The van der Waals surface area contributed by atoms with Crippen molar-refractivity contribution in [2.75, 3.05) is 11.9 Å². The molecule has 2 aliphatic rings. The minimum absolute atomic E-state index is 0.831. The number of nitrogens with one attached hydrogen (secondary N) is 1. The fourth-order valence-electron chi connectivity index (χ4n) is 2.10. The maximum Gasteiger partial charge on any atom is 0.101 e. The van der Waals surface area contributed by atoms with Gasteiger partial charge in [-0.2, -0.15) is 0 Å². The molecule has 2 nitrogen and oxygen atoms in total. The Balaban J connectivity index is 1.76. The van der Waals surface area contributed by atoms with Crippen LogP contribution in [0.2, 0.25) is 0 Å². The molecule has 2 heteroatoms. The molecule has 1 saturated carbocycles. The Hall–Kier alpha value is -1.31. The van der Waals surface area contributed by atoms with Crippen LogP contribution in [0.4, 0.5) is 5.69 Å². The molecule has 15 heavy (non-hydrogen) atoms. The maximum absolute atomic E-state index is 4.43. The van der Waals surface area contributed by atoms with Gasteiger partial charge in [0.2, 0.25) is 0 Å². The molecular formula is C13H16N2. The molecule has 0 unspecified atom stereocenters. The summed E-state index contributed by atoms with van der Waals surface area (Å²) in [6.07, 6.45) is 5.03. The zero-order chi connectivity index (χ0) is 10.1. The molecule has 0 saturated heterocycles. The van der Waals surface area contributed by atoms with Gasteiger partial charge in [-0.25, -0.2) is 0 Å². The lowest BCUT2D eigenvalue weighted by molar-refractivity contribution is 0.951. The SMILES string of the molecule is c1cc(NC2=NCCC2)cc(C2CC2)c1. The number of nitrogens with zero attached hydrogens (tertiary/aromatic N) is 1. The highest BCUT2D eigenvalue weighted by molar-refractivity contribution is 5.96. The normalized spacial score (nSPS) is 20.1. The highest BCUT2D eigenvalue weighted by atomic mass is 15.0. The first-order valence-corrected chi connectivity index (χ1v) is 5.82. The van der Waals surface area contributed by atoms with Crippen LogP contribution in [0, 0.1) is 0 Å². The summed E-state index contributed by atoms with van der Waals surface area (Å²) in [5, 5.41) is 3.41. The molecule has 1 aromatic carbocycles. The first-order chi connectivity index (χ1) is 7.42. The predicted octanol–water partition coefficient (Wildman–Crippen LogP) is 3.17. The van der Waals surface area contributed by atoms with E-state index in [0.29, 0.717) is 0 Å². The Labute approximate surface area is 90.4 Å². The average molecular weight is 200 g/mol. The summed E-state index contributed by atoms with van der Waals surface area (Å²) in [4.78, 5) is 4.43. The molecule has 1 fully saturated rings. The van der Waals surface area contributed by atoms with Crippen molar-refractivity contribution in [3.8, 4) is 0 Å². The Kier molecular flexibility index (Phi) is 2.20. The second kappa shape index (κ2) is 3.69. The molecule has 1 heterocycles. The van der Waals surface area contributed by atoms with Crippen LogP contribution < -0.4 is 5.32 Å². The van der Waals surface area contributed by atoms with Crippen molar-refractivity contribution in [1.29, 1.82) is 0 Å². The van der Waals surface area contributed by atoms with Crippen LogP contribution in [-0.4, -0.2) is 12.4 Å². The van der Waals surface area contributed by atoms with Crippen molar-refractivity contribution in [2.45, 2.75) is 31.6 Å². The molecule has 0 amide bonds. The van der Waals surface area contributed by atoms with Crippen LogP contribution in [0.15, 0.2) is 29.3 Å². The van der Waals surface area contributed by atoms with Crippen LogP contribution in [0.25, 0.3) is 0 Å². The van der Waals surface area contributed by atoms with Crippen molar-refractivity contribution in [2.24, 2.45) is 4.99 Å². The van der Waals surface area contributed by atoms with E-state index in [1.165, 1.54) is 30.5 Å². The van der Waals surface area contributed by atoms with E-state index in [0.717, 1.165) is 24.7 Å². The zero-order valence-corrected chi connectivity index (χ0v) is 8.87. The number of hydrogen-bond donors (Lipinski definition) is 1. The lowest BCUT2D eigenvalue weighted by atomic mass is 10.1. The number of amidine groups is 1. The average Bonchev–Trinajstić information content (AvgIpc) is 3.00. The van der Waals surface area contributed by atoms with E-state index in [1.807, 2.05) is 0 Å². The standard InChI is InChI=1S/C13H16N2/c1-3-11(10-6-7-10)9-12(4-1)15-13-5-2-8-14-13/h1,3-4,9-10H,2,5-8H2,(H,14,15). The predicted molar refractivity (Wildman–Crippen MR) is 63.6 cm³/mol. The van der Waals surface area contributed by atoms with E-state index in [4.69, 9.17) is 0 Å². The second-order valence-electron chi connectivity index (χ2n) is 4.46. The quantitative estimate of drug-likeness (QED) is 0.779. The van der Waals surface area contributed by atoms with Crippen molar-refractivity contribution in [1.82, 2.24) is 0 Å². The van der Waals surface area contributed by atoms with E-state index >= 15 is 0 Å². The Bertz CT molecular complexity index is 391. The summed E-state index contributed by atoms with van der Waals surface area (Å²) in [7, 11) is 0. The van der Waals surface area contributed by atoms with Gasteiger partial charge in [-0.05, 0) is 42.9 Å². The van der Waals surface area contributed by atoms with Gasteiger partial charge in [0.1, 0.15) is 5.84 Å². The van der Waals surface area contributed by atoms with Crippen molar-refractivity contribution < 1.29 is 0 Å². The Morgan fingerprint density at radius 1 is 1.27 bits per heavy atom. The van der Waals surface area contributed by atoms with E-state index in [2.05, 4.69) is 34.6 Å². The van der Waals surface area contributed by atoms with E-state index in [1.54, 1.807) is 0 Å². The number of benzene rings is 1. The summed E-state index contributed by atoms with van der Waals surface area (Å²) in [6.45, 7) is 0.991. The van der Waals surface area contributed by atoms with Gasteiger partial charge >= 0.3 is 0 Å². The van der Waals surface area contributed by atoms with E-state index in [9.17, 15) is 0 Å². The number of anilines is 1. The maximum atomic E-state index is 4.43. The van der Waals surface area contributed by atoms with Crippen molar-refractivity contribution in [3.63, 3.8) is 0 Å². The number of hydrogen-bond acceptors (Lipinski definition) is 2. The third-order valence-electron chi connectivity index (χ3n) is 3.10. The fourth-order valence-corrected chi connectivity index (χ4v) is 2.10. The van der Waals surface area contributed by atoms with Gasteiger partial charge in [-0.1, -0.05) is 12.1 Å². The summed E-state index contributed by atoms with van der Waals surface area (Å²) in [5.74, 6) is 1.99. The molecule has 1 aliphatic carbocycles. The highest BCUT2D eigenvalue weighted by Gasteiger charge is 2.23. The smallest absolute Gasteiger partial charge is 0.101 e. The lowest BCUT2D eigenvalue weighted by Gasteiger charge is -2.07. The topological polar surface area (TPSA) is 24.4 Å². The first kappa shape index (κ1) is 8.96. The Morgan fingerprint density at radius 3 is 2.93 bits per heavy atom. The van der Waals surface area contributed by atoms with Crippen LogP contribution in [0.3, 0.4) is 0 Å². The molecule has 78 valence electrons. The lowest BCUT2D eigenvalue weighted by Crippen LogP contribution is -2.08. The summed E-state index contributed by atoms with van der Waals surface area (Å²) >= 11 is 0. The highest BCUT2D eigenvalue weighted by Crippen LogP contribution is 2.40. The van der Waals surface area contributed by atoms with E-state index < -0.39 is 0 Å². The van der Waals surface area contributed by atoms with Crippen molar-refractivity contribution >= 4 is 11.5 Å². The third kappa shape index (κ3) is 2.04. The molecule has 0 atom stereocenters.